The van der Waals surface area contributed by atoms with Gasteiger partial charge < -0.3 is 9.94 Å². The van der Waals surface area contributed by atoms with Crippen molar-refractivity contribution < 1.29 is 9.94 Å². The number of benzene rings is 1. The van der Waals surface area contributed by atoms with Gasteiger partial charge in [-0.15, -0.1) is 0 Å². The summed E-state index contributed by atoms with van der Waals surface area (Å²) in [7, 11) is 0. The Kier molecular flexibility index (Phi) is 4.26. The first-order chi connectivity index (χ1) is 6.77. The van der Waals surface area contributed by atoms with Gasteiger partial charge in [0.25, 0.3) is 0 Å². The van der Waals surface area contributed by atoms with E-state index in [-0.39, 0.29) is 0 Å². The smallest absolute Gasteiger partial charge is 0.128 e. The highest BCUT2D eigenvalue weighted by Crippen LogP contribution is 2.21. The van der Waals surface area contributed by atoms with Gasteiger partial charge in [-0.1, -0.05) is 23.7 Å². The molecule has 3 nitrogen and oxygen atoms in total. The Balaban J connectivity index is 2.90. The van der Waals surface area contributed by atoms with Crippen molar-refractivity contribution in [2.45, 2.75) is 13.3 Å². The van der Waals surface area contributed by atoms with E-state index < -0.39 is 0 Å². The van der Waals surface area contributed by atoms with E-state index in [4.69, 9.17) is 21.5 Å². The average molecular weight is 214 g/mol. The molecule has 0 aliphatic rings. The highest BCUT2D eigenvalue weighted by Gasteiger charge is 2.02. The molecule has 0 aliphatic carbocycles. The van der Waals surface area contributed by atoms with Crippen LogP contribution in [0.15, 0.2) is 23.4 Å². The number of hydrogen-bond donors (Lipinski definition) is 1. The molecule has 0 aliphatic heterocycles. The summed E-state index contributed by atoms with van der Waals surface area (Å²) < 4.78 is 5.43. The van der Waals surface area contributed by atoms with Crippen molar-refractivity contribution in [3.63, 3.8) is 0 Å². The van der Waals surface area contributed by atoms with Crippen LogP contribution in [0, 0.1) is 0 Å². The van der Waals surface area contributed by atoms with E-state index in [1.54, 1.807) is 18.2 Å². The van der Waals surface area contributed by atoms with Gasteiger partial charge in [0.15, 0.2) is 0 Å². The zero-order chi connectivity index (χ0) is 10.4. The molecular weight excluding hydrogens is 202 g/mol. The molecule has 0 aromatic heterocycles. The van der Waals surface area contributed by atoms with Crippen LogP contribution in [0.5, 0.6) is 5.75 Å². The van der Waals surface area contributed by atoms with Crippen LogP contribution in [-0.2, 0) is 0 Å². The van der Waals surface area contributed by atoms with Crippen LogP contribution >= 0.6 is 11.6 Å². The molecule has 1 rings (SSSR count). The van der Waals surface area contributed by atoms with E-state index in [1.807, 2.05) is 6.92 Å². The molecule has 0 fully saturated rings. The summed E-state index contributed by atoms with van der Waals surface area (Å²) in [5, 5.41) is 12.0. The van der Waals surface area contributed by atoms with Crippen molar-refractivity contribution in [1.29, 1.82) is 0 Å². The number of halogens is 1. The van der Waals surface area contributed by atoms with Crippen molar-refractivity contribution >= 4 is 17.8 Å². The van der Waals surface area contributed by atoms with Crippen LogP contribution in [0.1, 0.15) is 18.9 Å². The van der Waals surface area contributed by atoms with E-state index in [0.717, 1.165) is 6.42 Å². The minimum Gasteiger partial charge on any atom is -0.493 e. The number of oxime groups is 1. The zero-order valence-electron chi connectivity index (χ0n) is 7.90. The molecule has 0 saturated heterocycles. The lowest BCUT2D eigenvalue weighted by molar-refractivity contribution is 0.313. The Bertz CT molecular complexity index is 326. The maximum absolute atomic E-state index is 8.43. The number of hydrogen-bond acceptors (Lipinski definition) is 3. The van der Waals surface area contributed by atoms with Crippen LogP contribution in [0.3, 0.4) is 0 Å². The van der Waals surface area contributed by atoms with Gasteiger partial charge in [-0.05, 0) is 24.6 Å². The van der Waals surface area contributed by atoms with Crippen LogP contribution in [0.25, 0.3) is 0 Å². The monoisotopic (exact) mass is 213 g/mol. The topological polar surface area (TPSA) is 41.8 Å². The van der Waals surface area contributed by atoms with Gasteiger partial charge in [0.05, 0.1) is 12.8 Å². The van der Waals surface area contributed by atoms with Gasteiger partial charge >= 0.3 is 0 Å². The van der Waals surface area contributed by atoms with Gasteiger partial charge in [0.1, 0.15) is 5.75 Å². The maximum Gasteiger partial charge on any atom is 0.128 e. The molecule has 14 heavy (non-hydrogen) atoms. The molecule has 0 atom stereocenters. The lowest BCUT2D eigenvalue weighted by atomic mass is 10.2. The highest BCUT2D eigenvalue weighted by molar-refractivity contribution is 6.30. The van der Waals surface area contributed by atoms with Gasteiger partial charge in [-0.25, -0.2) is 0 Å². The molecule has 1 aromatic carbocycles. The Morgan fingerprint density at radius 1 is 1.57 bits per heavy atom. The van der Waals surface area contributed by atoms with Crippen molar-refractivity contribution in [1.82, 2.24) is 0 Å². The molecule has 0 amide bonds. The summed E-state index contributed by atoms with van der Waals surface area (Å²) in [5.41, 5.74) is 0.674. The van der Waals surface area contributed by atoms with E-state index in [0.29, 0.717) is 22.9 Å². The summed E-state index contributed by atoms with van der Waals surface area (Å²) in [6.07, 6.45) is 2.23. The Hall–Kier alpha value is -1.22. The van der Waals surface area contributed by atoms with Crippen LogP contribution < -0.4 is 4.74 Å². The summed E-state index contributed by atoms with van der Waals surface area (Å²) in [6, 6.07) is 5.18. The standard InChI is InChI=1S/C10H12ClNO2/c1-2-5-14-10-4-3-9(11)6-8(10)7-12-13/h3-4,6-7,13H,2,5H2,1H3/b12-7-. The van der Waals surface area contributed by atoms with Crippen LogP contribution in [-0.4, -0.2) is 18.0 Å². The molecule has 0 radical (unpaired) electrons. The minimum atomic E-state index is 0.587. The predicted molar refractivity (Wildman–Crippen MR) is 56.6 cm³/mol. The fourth-order valence-corrected chi connectivity index (χ4v) is 1.21. The Labute approximate surface area is 88.0 Å². The van der Waals surface area contributed by atoms with Crippen LogP contribution in [0.2, 0.25) is 5.02 Å². The summed E-state index contributed by atoms with van der Waals surface area (Å²) in [6.45, 7) is 2.66. The van der Waals surface area contributed by atoms with E-state index in [1.165, 1.54) is 6.21 Å². The maximum atomic E-state index is 8.43. The largest absolute Gasteiger partial charge is 0.493 e. The molecule has 0 saturated carbocycles. The van der Waals surface area contributed by atoms with Crippen molar-refractivity contribution in [3.05, 3.63) is 28.8 Å². The Morgan fingerprint density at radius 2 is 2.36 bits per heavy atom. The highest BCUT2D eigenvalue weighted by atomic mass is 35.5. The number of nitrogens with zero attached hydrogens (tertiary/aromatic N) is 1. The SMILES string of the molecule is CCCOc1ccc(Cl)cc1/C=N\O. The second-order valence-corrected chi connectivity index (χ2v) is 3.21. The minimum absolute atomic E-state index is 0.587. The van der Waals surface area contributed by atoms with Gasteiger partial charge in [0, 0.05) is 10.6 Å². The van der Waals surface area contributed by atoms with Crippen molar-refractivity contribution in [3.8, 4) is 5.75 Å². The first-order valence-electron chi connectivity index (χ1n) is 4.37. The molecule has 1 N–H and O–H groups in total. The molecule has 4 heteroatoms. The van der Waals surface area contributed by atoms with E-state index in [9.17, 15) is 0 Å². The summed E-state index contributed by atoms with van der Waals surface area (Å²) in [5.74, 6) is 0.675. The van der Waals surface area contributed by atoms with Gasteiger partial charge in [-0.3, -0.25) is 0 Å². The van der Waals surface area contributed by atoms with Crippen LogP contribution in [0.4, 0.5) is 0 Å². The average Bonchev–Trinajstić information content (AvgIpc) is 2.17. The summed E-state index contributed by atoms with van der Waals surface area (Å²) in [4.78, 5) is 0. The van der Waals surface area contributed by atoms with E-state index in [2.05, 4.69) is 5.16 Å². The first kappa shape index (κ1) is 10.9. The van der Waals surface area contributed by atoms with Crippen molar-refractivity contribution in [2.24, 2.45) is 5.16 Å². The van der Waals surface area contributed by atoms with Gasteiger partial charge in [-0.2, -0.15) is 0 Å². The number of ether oxygens (including phenoxy) is 1. The second-order valence-electron chi connectivity index (χ2n) is 2.78. The van der Waals surface area contributed by atoms with Crippen molar-refractivity contribution in [2.75, 3.05) is 6.61 Å². The summed E-state index contributed by atoms with van der Waals surface area (Å²) >= 11 is 5.79. The third-order valence-corrected chi connectivity index (χ3v) is 1.87. The third kappa shape index (κ3) is 2.92. The molecule has 0 spiro atoms. The molecule has 0 bridgehead atoms. The predicted octanol–water partition coefficient (Wildman–Crippen LogP) is 2.94. The molecular formula is C10H12ClNO2. The lowest BCUT2D eigenvalue weighted by Gasteiger charge is -2.07. The molecule has 0 heterocycles. The quantitative estimate of drug-likeness (QED) is 0.475. The molecule has 1 aromatic rings. The second kappa shape index (κ2) is 5.50. The zero-order valence-corrected chi connectivity index (χ0v) is 8.66. The fraction of sp³-hybridized carbons (Fsp3) is 0.300. The number of rotatable bonds is 4. The lowest BCUT2D eigenvalue weighted by Crippen LogP contribution is -1.98. The van der Waals surface area contributed by atoms with Gasteiger partial charge in [0.2, 0.25) is 0 Å². The normalized spacial score (nSPS) is 10.7. The van der Waals surface area contributed by atoms with E-state index >= 15 is 0 Å². The first-order valence-corrected chi connectivity index (χ1v) is 4.75. The fourth-order valence-electron chi connectivity index (χ4n) is 1.03. The molecule has 76 valence electrons. The Morgan fingerprint density at radius 3 is 3.00 bits per heavy atom. The third-order valence-electron chi connectivity index (χ3n) is 1.63. The molecule has 0 unspecified atom stereocenters.